The van der Waals surface area contributed by atoms with Gasteiger partial charge in [0.2, 0.25) is 5.12 Å². The van der Waals surface area contributed by atoms with Gasteiger partial charge in [-0.2, -0.15) is 0 Å². The Labute approximate surface area is 106 Å². The number of hydrazine groups is 1. The van der Waals surface area contributed by atoms with Crippen LogP contribution in [-0.4, -0.2) is 22.0 Å². The number of hydrogen-bond acceptors (Lipinski definition) is 4. The second kappa shape index (κ2) is 5.21. The average molecular weight is 262 g/mol. The number of aliphatic imine (C=N–C) groups is 1. The van der Waals surface area contributed by atoms with Gasteiger partial charge in [-0.05, 0) is 19.3 Å². The third-order valence-corrected chi connectivity index (χ3v) is 3.32. The van der Waals surface area contributed by atoms with Gasteiger partial charge < -0.3 is 0 Å². The Hall–Kier alpha value is -0.520. The van der Waals surface area contributed by atoms with Crippen LogP contribution in [0.1, 0.15) is 27.2 Å². The molecule has 0 aromatic heterocycles. The Kier molecular flexibility index (Phi) is 4.41. The van der Waals surface area contributed by atoms with Crippen LogP contribution in [0.5, 0.6) is 0 Å². The van der Waals surface area contributed by atoms with Crippen LogP contribution < -0.4 is 5.84 Å². The molecule has 0 fully saturated rings. The summed E-state index contributed by atoms with van der Waals surface area (Å²) >= 11 is 9.87. The highest BCUT2D eigenvalue weighted by Crippen LogP contribution is 2.27. The summed E-state index contributed by atoms with van der Waals surface area (Å²) in [6.45, 7) is 5.85. The highest BCUT2D eigenvalue weighted by atomic mass is 35.5. The molecule has 0 amide bonds. The van der Waals surface area contributed by atoms with Crippen molar-refractivity contribution in [3.63, 3.8) is 0 Å². The normalized spacial score (nSPS) is 23.2. The van der Waals surface area contributed by atoms with Crippen molar-refractivity contribution in [1.29, 1.82) is 0 Å². The molecular formula is C10H16ClN3OS. The van der Waals surface area contributed by atoms with E-state index in [-0.39, 0.29) is 17.2 Å². The lowest BCUT2D eigenvalue weighted by Gasteiger charge is -2.31. The molecule has 2 N–H and O–H groups in total. The van der Waals surface area contributed by atoms with Crippen molar-refractivity contribution in [1.82, 2.24) is 5.01 Å². The first-order chi connectivity index (χ1) is 7.40. The molecule has 0 radical (unpaired) electrons. The topological polar surface area (TPSA) is 58.7 Å². The van der Waals surface area contributed by atoms with E-state index in [1.807, 2.05) is 20.8 Å². The Morgan fingerprint density at radius 1 is 1.75 bits per heavy atom. The van der Waals surface area contributed by atoms with E-state index in [4.69, 9.17) is 17.4 Å². The highest BCUT2D eigenvalue weighted by Gasteiger charge is 2.30. The number of nitrogens with two attached hydrogens (primary N) is 1. The molecule has 1 aliphatic rings. The predicted molar refractivity (Wildman–Crippen MR) is 69.3 cm³/mol. The molecule has 4 nitrogen and oxygen atoms in total. The molecule has 1 aliphatic heterocycles. The SMILES string of the molecule is CCC(C)C1=NC(C)N(N)C(Cl)=C1C(=O)S. The van der Waals surface area contributed by atoms with E-state index in [0.717, 1.165) is 6.42 Å². The summed E-state index contributed by atoms with van der Waals surface area (Å²) in [6, 6.07) is 0. The largest absolute Gasteiger partial charge is 0.282 e. The Morgan fingerprint density at radius 2 is 2.31 bits per heavy atom. The first kappa shape index (κ1) is 13.5. The predicted octanol–water partition coefficient (Wildman–Crippen LogP) is 1.92. The van der Waals surface area contributed by atoms with Gasteiger partial charge in [0, 0.05) is 0 Å². The van der Waals surface area contributed by atoms with Gasteiger partial charge in [-0.25, -0.2) is 5.84 Å². The zero-order valence-corrected chi connectivity index (χ0v) is 11.2. The highest BCUT2D eigenvalue weighted by molar-refractivity contribution is 7.97. The van der Waals surface area contributed by atoms with Crippen molar-refractivity contribution >= 4 is 35.1 Å². The molecule has 2 unspecified atom stereocenters. The lowest BCUT2D eigenvalue weighted by atomic mass is 9.96. The number of carbonyl (C=O) groups excluding carboxylic acids is 1. The molecule has 1 rings (SSSR count). The number of thiol groups is 1. The van der Waals surface area contributed by atoms with Crippen LogP contribution >= 0.6 is 24.2 Å². The maximum atomic E-state index is 11.5. The van der Waals surface area contributed by atoms with E-state index >= 15 is 0 Å². The summed E-state index contributed by atoms with van der Waals surface area (Å²) < 4.78 is 0. The first-order valence-corrected chi connectivity index (χ1v) is 5.97. The molecule has 0 spiro atoms. The maximum absolute atomic E-state index is 11.5. The van der Waals surface area contributed by atoms with E-state index in [2.05, 4.69) is 17.6 Å². The molecule has 1 heterocycles. The van der Waals surface area contributed by atoms with Crippen molar-refractivity contribution in [3.8, 4) is 0 Å². The van der Waals surface area contributed by atoms with E-state index in [9.17, 15) is 4.79 Å². The summed E-state index contributed by atoms with van der Waals surface area (Å²) in [4.78, 5) is 15.8. The Balaban J connectivity index is 3.24. The maximum Gasteiger partial charge on any atom is 0.221 e. The van der Waals surface area contributed by atoms with Crippen LogP contribution in [0.2, 0.25) is 0 Å². The quantitative estimate of drug-likeness (QED) is 0.464. The molecule has 0 saturated heterocycles. The number of rotatable bonds is 3. The molecule has 16 heavy (non-hydrogen) atoms. The minimum absolute atomic E-state index is 0.163. The molecule has 6 heteroatoms. The van der Waals surface area contributed by atoms with Gasteiger partial charge in [-0.1, -0.05) is 25.4 Å². The third kappa shape index (κ3) is 2.42. The fourth-order valence-corrected chi connectivity index (χ4v) is 2.10. The molecule has 2 atom stereocenters. The Bertz CT molecular complexity index is 367. The van der Waals surface area contributed by atoms with Gasteiger partial charge >= 0.3 is 0 Å². The number of carbonyl (C=O) groups is 1. The van der Waals surface area contributed by atoms with Gasteiger partial charge in [0.05, 0.1) is 11.3 Å². The van der Waals surface area contributed by atoms with Crippen molar-refractivity contribution in [2.45, 2.75) is 33.4 Å². The zero-order chi connectivity index (χ0) is 12.5. The standard InChI is InChI=1S/C10H16ClN3OS/c1-4-5(2)8-7(10(15)16)9(11)14(12)6(3)13-8/h5-6H,4,12H2,1-3H3,(H,15,16). The van der Waals surface area contributed by atoms with Crippen LogP contribution in [0, 0.1) is 5.92 Å². The van der Waals surface area contributed by atoms with Gasteiger partial charge in [0.15, 0.2) is 0 Å². The average Bonchev–Trinajstić information content (AvgIpc) is 2.23. The second-order valence-electron chi connectivity index (χ2n) is 3.83. The summed E-state index contributed by atoms with van der Waals surface area (Å²) in [5, 5.41) is 1.10. The van der Waals surface area contributed by atoms with Crippen molar-refractivity contribution < 1.29 is 4.79 Å². The minimum Gasteiger partial charge on any atom is -0.282 e. The number of nitrogens with zero attached hydrogens (tertiary/aromatic N) is 2. The minimum atomic E-state index is -0.397. The molecule has 0 aliphatic carbocycles. The lowest BCUT2D eigenvalue weighted by molar-refractivity contribution is -0.107. The molecule has 0 bridgehead atoms. The van der Waals surface area contributed by atoms with E-state index in [1.54, 1.807) is 0 Å². The third-order valence-electron chi connectivity index (χ3n) is 2.71. The van der Waals surface area contributed by atoms with E-state index < -0.39 is 5.12 Å². The smallest absolute Gasteiger partial charge is 0.221 e. The Morgan fingerprint density at radius 3 is 2.75 bits per heavy atom. The van der Waals surface area contributed by atoms with Gasteiger partial charge in [-0.3, -0.25) is 14.8 Å². The van der Waals surface area contributed by atoms with Crippen molar-refractivity contribution in [2.75, 3.05) is 0 Å². The molecule has 0 aromatic carbocycles. The summed E-state index contributed by atoms with van der Waals surface area (Å²) in [6.07, 6.45) is 0.623. The van der Waals surface area contributed by atoms with Gasteiger partial charge in [-0.15, -0.1) is 12.6 Å². The van der Waals surface area contributed by atoms with E-state index in [1.165, 1.54) is 5.01 Å². The van der Waals surface area contributed by atoms with Crippen molar-refractivity contribution in [3.05, 3.63) is 10.7 Å². The summed E-state index contributed by atoms with van der Waals surface area (Å²) in [5.74, 6) is 5.87. The van der Waals surface area contributed by atoms with Crippen LogP contribution in [0.4, 0.5) is 0 Å². The summed E-state index contributed by atoms with van der Waals surface area (Å²) in [7, 11) is 0. The molecule has 90 valence electrons. The first-order valence-electron chi connectivity index (χ1n) is 5.15. The van der Waals surface area contributed by atoms with Gasteiger partial charge in [0.25, 0.3) is 0 Å². The molecule has 0 aromatic rings. The van der Waals surface area contributed by atoms with Crippen molar-refractivity contribution in [2.24, 2.45) is 16.8 Å². The molecular weight excluding hydrogens is 246 g/mol. The van der Waals surface area contributed by atoms with Crippen LogP contribution in [0.25, 0.3) is 0 Å². The fraction of sp³-hybridized carbons (Fsp3) is 0.600. The second-order valence-corrected chi connectivity index (χ2v) is 4.60. The molecule has 0 saturated carbocycles. The van der Waals surface area contributed by atoms with E-state index in [0.29, 0.717) is 11.3 Å². The number of halogens is 1. The fourth-order valence-electron chi connectivity index (χ4n) is 1.49. The summed E-state index contributed by atoms with van der Waals surface area (Å²) in [5.41, 5.74) is 1.02. The van der Waals surface area contributed by atoms with Gasteiger partial charge in [0.1, 0.15) is 11.3 Å². The van der Waals surface area contributed by atoms with Crippen LogP contribution in [0.15, 0.2) is 15.7 Å². The van der Waals surface area contributed by atoms with Crippen LogP contribution in [0.3, 0.4) is 0 Å². The lowest BCUT2D eigenvalue weighted by Crippen LogP contribution is -2.42. The zero-order valence-electron chi connectivity index (χ0n) is 9.57. The van der Waals surface area contributed by atoms with Crippen LogP contribution in [-0.2, 0) is 4.79 Å². The monoisotopic (exact) mass is 261 g/mol. The number of hydrogen-bond donors (Lipinski definition) is 2.